The van der Waals surface area contributed by atoms with Crippen LogP contribution in [-0.2, 0) is 0 Å². The Balaban J connectivity index is 1.72. The minimum Gasteiger partial charge on any atom is -0.396 e. The van der Waals surface area contributed by atoms with Gasteiger partial charge < -0.3 is 20.7 Å². The fourth-order valence-corrected chi connectivity index (χ4v) is 3.68. The van der Waals surface area contributed by atoms with Gasteiger partial charge in [-0.3, -0.25) is 0 Å². The number of aliphatic hydroxyl groups excluding tert-OH is 1. The first-order valence-corrected chi connectivity index (χ1v) is 9.05. The van der Waals surface area contributed by atoms with Gasteiger partial charge in [-0.25, -0.2) is 9.78 Å². The monoisotopic (exact) mass is 344 g/mol. The van der Waals surface area contributed by atoms with Crippen LogP contribution in [0.25, 0.3) is 11.0 Å². The van der Waals surface area contributed by atoms with Crippen molar-refractivity contribution < 1.29 is 9.90 Å². The molecule has 1 aromatic carbocycles. The fraction of sp³-hybridized carbons (Fsp3) is 0.579. The van der Waals surface area contributed by atoms with Crippen LogP contribution in [-0.4, -0.2) is 33.8 Å². The van der Waals surface area contributed by atoms with Gasteiger partial charge in [0.2, 0.25) is 0 Å². The van der Waals surface area contributed by atoms with E-state index in [9.17, 15) is 9.90 Å². The summed E-state index contributed by atoms with van der Waals surface area (Å²) in [5.74, 6) is 0.960. The molecule has 3 atom stereocenters. The molecule has 1 fully saturated rings. The van der Waals surface area contributed by atoms with Crippen molar-refractivity contribution in [3.05, 3.63) is 30.1 Å². The second-order valence-corrected chi connectivity index (χ2v) is 7.74. The Hall–Kier alpha value is -2.08. The minimum atomic E-state index is -0.232. The molecular formula is C19H28N4O2. The number of urea groups is 1. The smallest absolute Gasteiger partial charge is 0.315 e. The van der Waals surface area contributed by atoms with Crippen LogP contribution < -0.4 is 10.6 Å². The van der Waals surface area contributed by atoms with Crippen molar-refractivity contribution in [3.63, 3.8) is 0 Å². The highest BCUT2D eigenvalue weighted by molar-refractivity contribution is 5.76. The average Bonchev–Trinajstić information content (AvgIpc) is 3.16. The molecule has 2 aromatic rings. The molecule has 0 spiro atoms. The number of nitrogens with zero attached hydrogens (tertiary/aromatic N) is 1. The molecule has 4 N–H and O–H groups in total. The lowest BCUT2D eigenvalue weighted by molar-refractivity contribution is 0.120. The van der Waals surface area contributed by atoms with Crippen molar-refractivity contribution in [2.45, 2.75) is 52.1 Å². The Morgan fingerprint density at radius 1 is 1.44 bits per heavy atom. The van der Waals surface area contributed by atoms with Gasteiger partial charge >= 0.3 is 6.03 Å². The number of imidazole rings is 1. The van der Waals surface area contributed by atoms with Crippen molar-refractivity contribution in [2.75, 3.05) is 6.61 Å². The zero-order chi connectivity index (χ0) is 18.0. The van der Waals surface area contributed by atoms with Gasteiger partial charge in [0.25, 0.3) is 0 Å². The van der Waals surface area contributed by atoms with Crippen LogP contribution in [0.5, 0.6) is 0 Å². The Bertz CT molecular complexity index is 709. The van der Waals surface area contributed by atoms with E-state index in [1.54, 1.807) is 0 Å². The molecule has 0 radical (unpaired) electrons. The first kappa shape index (κ1) is 17.7. The third-order valence-electron chi connectivity index (χ3n) is 5.40. The van der Waals surface area contributed by atoms with Gasteiger partial charge in [0, 0.05) is 11.5 Å². The maximum Gasteiger partial charge on any atom is 0.315 e. The number of nitrogens with one attached hydrogen (secondary N) is 3. The van der Waals surface area contributed by atoms with E-state index in [0.29, 0.717) is 0 Å². The summed E-state index contributed by atoms with van der Waals surface area (Å²) in [6, 6.07) is 7.45. The molecule has 1 aromatic heterocycles. The summed E-state index contributed by atoms with van der Waals surface area (Å²) in [5.41, 5.74) is 1.63. The fourth-order valence-electron chi connectivity index (χ4n) is 3.68. The molecule has 1 heterocycles. The first-order chi connectivity index (χ1) is 11.9. The number of aromatic amines is 1. The molecular weight excluding hydrogens is 316 g/mol. The summed E-state index contributed by atoms with van der Waals surface area (Å²) in [5, 5.41) is 15.8. The number of hydrogen-bond donors (Lipinski definition) is 4. The Kier molecular flexibility index (Phi) is 4.99. The third kappa shape index (κ3) is 3.63. The van der Waals surface area contributed by atoms with Crippen LogP contribution in [0.4, 0.5) is 4.79 Å². The van der Waals surface area contributed by atoms with E-state index in [1.807, 2.05) is 31.2 Å². The lowest BCUT2D eigenvalue weighted by atomic mass is 9.86. The summed E-state index contributed by atoms with van der Waals surface area (Å²) in [7, 11) is 0. The highest BCUT2D eigenvalue weighted by Gasteiger charge is 2.39. The topological polar surface area (TPSA) is 90.0 Å². The van der Waals surface area contributed by atoms with Crippen molar-refractivity contribution in [3.8, 4) is 0 Å². The van der Waals surface area contributed by atoms with Crippen molar-refractivity contribution in [1.82, 2.24) is 20.6 Å². The maximum absolute atomic E-state index is 12.6. The van der Waals surface area contributed by atoms with Gasteiger partial charge in [0.15, 0.2) is 0 Å². The van der Waals surface area contributed by atoms with Gasteiger partial charge in [0.1, 0.15) is 5.82 Å². The number of amides is 2. The number of para-hydroxylation sites is 2. The molecule has 136 valence electrons. The van der Waals surface area contributed by atoms with E-state index >= 15 is 0 Å². The molecule has 0 bridgehead atoms. The van der Waals surface area contributed by atoms with Crippen LogP contribution in [0.1, 0.15) is 51.9 Å². The number of carbonyl (C=O) groups is 1. The molecule has 0 aliphatic heterocycles. The van der Waals surface area contributed by atoms with Gasteiger partial charge in [-0.1, -0.05) is 39.3 Å². The highest BCUT2D eigenvalue weighted by Crippen LogP contribution is 2.37. The van der Waals surface area contributed by atoms with Crippen LogP contribution in [0, 0.1) is 11.3 Å². The predicted octanol–water partition coefficient (Wildman–Crippen LogP) is 3.11. The molecule has 1 saturated carbocycles. The number of rotatable bonds is 5. The van der Waals surface area contributed by atoms with Gasteiger partial charge in [0.05, 0.1) is 23.7 Å². The summed E-state index contributed by atoms with van der Waals surface area (Å²) in [4.78, 5) is 20.5. The van der Waals surface area contributed by atoms with E-state index in [4.69, 9.17) is 0 Å². The molecule has 1 aliphatic rings. The molecule has 2 amide bonds. The van der Waals surface area contributed by atoms with Crippen LogP contribution in [0.15, 0.2) is 24.3 Å². The van der Waals surface area contributed by atoms with Crippen LogP contribution >= 0.6 is 0 Å². The van der Waals surface area contributed by atoms with Gasteiger partial charge in [-0.2, -0.15) is 0 Å². The number of hydrogen-bond acceptors (Lipinski definition) is 3. The number of fused-ring (bicyclic) bond motifs is 1. The zero-order valence-corrected chi connectivity index (χ0v) is 15.2. The maximum atomic E-state index is 12.6. The van der Waals surface area contributed by atoms with E-state index in [1.165, 1.54) is 0 Å². The SMILES string of the molecule is CC(C)C(NC(=O)NC1CCCC1(C)CO)c1nc2ccccc2[nH]1. The van der Waals surface area contributed by atoms with E-state index in [0.717, 1.165) is 36.1 Å². The standard InChI is InChI=1S/C19H28N4O2/c1-12(2)16(17-20-13-7-4-5-8-14(13)21-17)23-18(25)22-15-9-6-10-19(15,3)11-24/h4-5,7-8,12,15-16,24H,6,9-11H2,1-3H3,(H,20,21)(H2,22,23,25). The molecule has 6 nitrogen and oxygen atoms in total. The average molecular weight is 344 g/mol. The lowest BCUT2D eigenvalue weighted by Gasteiger charge is -2.31. The molecule has 25 heavy (non-hydrogen) atoms. The van der Waals surface area contributed by atoms with Gasteiger partial charge in [-0.15, -0.1) is 0 Å². The van der Waals surface area contributed by atoms with Gasteiger partial charge in [-0.05, 0) is 30.9 Å². The minimum absolute atomic E-state index is 0.000912. The number of H-pyrrole nitrogens is 1. The van der Waals surface area contributed by atoms with E-state index < -0.39 is 0 Å². The Labute approximate surface area is 148 Å². The van der Waals surface area contributed by atoms with Crippen molar-refractivity contribution >= 4 is 17.1 Å². The molecule has 3 rings (SSSR count). The normalized spacial score (nSPS) is 24.6. The number of benzene rings is 1. The zero-order valence-electron chi connectivity index (χ0n) is 15.2. The molecule has 1 aliphatic carbocycles. The van der Waals surface area contributed by atoms with Crippen LogP contribution in [0.3, 0.4) is 0 Å². The second-order valence-electron chi connectivity index (χ2n) is 7.74. The Morgan fingerprint density at radius 3 is 2.88 bits per heavy atom. The largest absolute Gasteiger partial charge is 0.396 e. The summed E-state index contributed by atoms with van der Waals surface area (Å²) < 4.78 is 0. The van der Waals surface area contributed by atoms with Crippen LogP contribution in [0.2, 0.25) is 0 Å². The lowest BCUT2D eigenvalue weighted by Crippen LogP contribution is -2.50. The molecule has 0 saturated heterocycles. The Morgan fingerprint density at radius 2 is 2.20 bits per heavy atom. The highest BCUT2D eigenvalue weighted by atomic mass is 16.3. The summed E-state index contributed by atoms with van der Waals surface area (Å²) in [6.07, 6.45) is 2.87. The molecule has 3 unspecified atom stereocenters. The van der Waals surface area contributed by atoms with Crippen molar-refractivity contribution in [1.29, 1.82) is 0 Å². The first-order valence-electron chi connectivity index (χ1n) is 9.05. The predicted molar refractivity (Wildman–Crippen MR) is 98.2 cm³/mol. The molecule has 6 heteroatoms. The van der Waals surface area contributed by atoms with E-state index in [2.05, 4.69) is 34.4 Å². The third-order valence-corrected chi connectivity index (χ3v) is 5.40. The number of carbonyl (C=O) groups excluding carboxylic acids is 1. The van der Waals surface area contributed by atoms with Crippen molar-refractivity contribution in [2.24, 2.45) is 11.3 Å². The number of aliphatic hydroxyl groups is 1. The quantitative estimate of drug-likeness (QED) is 0.672. The number of aromatic nitrogens is 2. The summed E-state index contributed by atoms with van der Waals surface area (Å²) >= 11 is 0. The second kappa shape index (κ2) is 7.04. The summed E-state index contributed by atoms with van der Waals surface area (Å²) in [6.45, 7) is 6.25. The van der Waals surface area contributed by atoms with E-state index in [-0.39, 0.29) is 36.1 Å².